The summed E-state index contributed by atoms with van der Waals surface area (Å²) in [5, 5.41) is 12.4. The van der Waals surface area contributed by atoms with Crippen LogP contribution in [0.1, 0.15) is 25.8 Å². The molecule has 3 heteroatoms. The molecule has 0 heterocycles. The molecule has 0 spiro atoms. The first-order valence-corrected chi connectivity index (χ1v) is 6.43. The molecule has 0 atom stereocenters. The van der Waals surface area contributed by atoms with Gasteiger partial charge in [0.2, 0.25) is 0 Å². The number of aliphatic hydroxyl groups excluding tert-OH is 1. The number of hydrogen-bond acceptors (Lipinski definition) is 2. The van der Waals surface area contributed by atoms with Crippen LogP contribution in [0.5, 0.6) is 0 Å². The number of halogens is 1. The highest BCUT2D eigenvalue weighted by atomic mass is 79.9. The van der Waals surface area contributed by atoms with E-state index in [0.717, 1.165) is 23.9 Å². The summed E-state index contributed by atoms with van der Waals surface area (Å²) >= 11 is 3.42. The quantitative estimate of drug-likeness (QED) is 0.842. The van der Waals surface area contributed by atoms with E-state index in [-0.39, 0.29) is 12.1 Å². The van der Waals surface area contributed by atoms with Crippen molar-refractivity contribution in [3.8, 4) is 0 Å². The first kappa shape index (κ1) is 13.7. The summed E-state index contributed by atoms with van der Waals surface area (Å²) in [6.45, 7) is 5.41. The standard InChI is InChI=1S/C13H20BrNO/c1-13(2,8-10-16)15-9-7-11-3-5-12(14)6-4-11/h3-6,15-16H,7-10H2,1-2H3. The van der Waals surface area contributed by atoms with Crippen LogP contribution >= 0.6 is 15.9 Å². The highest BCUT2D eigenvalue weighted by Gasteiger charge is 2.14. The Labute approximate surface area is 106 Å². The zero-order chi connectivity index (χ0) is 12.0. The first-order valence-electron chi connectivity index (χ1n) is 5.64. The third kappa shape index (κ3) is 5.10. The average Bonchev–Trinajstić information content (AvgIpc) is 2.20. The number of nitrogens with one attached hydrogen (secondary N) is 1. The van der Waals surface area contributed by atoms with E-state index in [1.807, 2.05) is 0 Å². The van der Waals surface area contributed by atoms with Crippen molar-refractivity contribution in [3.05, 3.63) is 34.3 Å². The molecule has 0 amide bonds. The molecule has 0 radical (unpaired) electrons. The molecule has 0 fully saturated rings. The third-order valence-electron chi connectivity index (χ3n) is 2.67. The van der Waals surface area contributed by atoms with Crippen LogP contribution in [0.25, 0.3) is 0 Å². The van der Waals surface area contributed by atoms with Gasteiger partial charge in [0, 0.05) is 16.6 Å². The van der Waals surface area contributed by atoms with E-state index in [1.54, 1.807) is 0 Å². The van der Waals surface area contributed by atoms with E-state index in [0.29, 0.717) is 0 Å². The van der Waals surface area contributed by atoms with Crippen LogP contribution in [0.3, 0.4) is 0 Å². The maximum absolute atomic E-state index is 8.90. The second-order valence-electron chi connectivity index (χ2n) is 4.66. The van der Waals surface area contributed by atoms with Gasteiger partial charge in [-0.1, -0.05) is 28.1 Å². The van der Waals surface area contributed by atoms with Gasteiger partial charge in [0.1, 0.15) is 0 Å². The van der Waals surface area contributed by atoms with Crippen molar-refractivity contribution in [1.82, 2.24) is 5.32 Å². The summed E-state index contributed by atoms with van der Waals surface area (Å²) in [7, 11) is 0. The van der Waals surface area contributed by atoms with Crippen LogP contribution in [0.2, 0.25) is 0 Å². The van der Waals surface area contributed by atoms with Crippen LogP contribution in [0.4, 0.5) is 0 Å². The van der Waals surface area contributed by atoms with Crippen molar-refractivity contribution in [2.75, 3.05) is 13.2 Å². The van der Waals surface area contributed by atoms with Gasteiger partial charge < -0.3 is 10.4 Å². The number of benzene rings is 1. The molecule has 0 aromatic heterocycles. The van der Waals surface area contributed by atoms with Crippen LogP contribution in [0.15, 0.2) is 28.7 Å². The largest absolute Gasteiger partial charge is 0.396 e. The van der Waals surface area contributed by atoms with Gasteiger partial charge in [-0.2, -0.15) is 0 Å². The van der Waals surface area contributed by atoms with Crippen molar-refractivity contribution in [1.29, 1.82) is 0 Å². The Morgan fingerprint density at radius 1 is 1.25 bits per heavy atom. The van der Waals surface area contributed by atoms with E-state index in [1.165, 1.54) is 5.56 Å². The second-order valence-corrected chi connectivity index (χ2v) is 5.58. The molecule has 2 N–H and O–H groups in total. The van der Waals surface area contributed by atoms with E-state index in [2.05, 4.69) is 59.4 Å². The van der Waals surface area contributed by atoms with E-state index >= 15 is 0 Å². The van der Waals surface area contributed by atoms with Crippen molar-refractivity contribution >= 4 is 15.9 Å². The maximum atomic E-state index is 8.90. The lowest BCUT2D eigenvalue weighted by molar-refractivity contribution is 0.231. The Hall–Kier alpha value is -0.380. The molecular formula is C13H20BrNO. The minimum atomic E-state index is 0.0180. The molecule has 0 saturated heterocycles. The van der Waals surface area contributed by atoms with Gasteiger partial charge in [-0.3, -0.25) is 0 Å². The summed E-state index contributed by atoms with van der Waals surface area (Å²) < 4.78 is 1.12. The topological polar surface area (TPSA) is 32.3 Å². The fraction of sp³-hybridized carbons (Fsp3) is 0.538. The second kappa shape index (κ2) is 6.38. The molecule has 1 aromatic carbocycles. The first-order chi connectivity index (χ1) is 7.53. The van der Waals surface area contributed by atoms with Gasteiger partial charge in [-0.15, -0.1) is 0 Å². The summed E-state index contributed by atoms with van der Waals surface area (Å²) in [6.07, 6.45) is 1.80. The number of hydrogen-bond donors (Lipinski definition) is 2. The van der Waals surface area contributed by atoms with Gasteiger partial charge in [0.05, 0.1) is 0 Å². The molecule has 16 heavy (non-hydrogen) atoms. The molecule has 90 valence electrons. The van der Waals surface area contributed by atoms with Crippen LogP contribution < -0.4 is 5.32 Å². The van der Waals surface area contributed by atoms with E-state index < -0.39 is 0 Å². The maximum Gasteiger partial charge on any atom is 0.0448 e. The Morgan fingerprint density at radius 2 is 1.88 bits per heavy atom. The molecule has 2 nitrogen and oxygen atoms in total. The number of rotatable bonds is 6. The lowest BCUT2D eigenvalue weighted by Gasteiger charge is -2.25. The average molecular weight is 286 g/mol. The molecule has 0 unspecified atom stereocenters. The van der Waals surface area contributed by atoms with Gasteiger partial charge in [0.25, 0.3) is 0 Å². The minimum Gasteiger partial charge on any atom is -0.396 e. The van der Waals surface area contributed by atoms with Gasteiger partial charge >= 0.3 is 0 Å². The molecule has 0 aliphatic heterocycles. The minimum absolute atomic E-state index is 0.0180. The molecule has 1 aromatic rings. The highest BCUT2D eigenvalue weighted by Crippen LogP contribution is 2.11. The molecular weight excluding hydrogens is 266 g/mol. The highest BCUT2D eigenvalue weighted by molar-refractivity contribution is 9.10. The van der Waals surface area contributed by atoms with Gasteiger partial charge in [0.15, 0.2) is 0 Å². The third-order valence-corrected chi connectivity index (χ3v) is 3.20. The summed E-state index contributed by atoms with van der Waals surface area (Å²) in [5.41, 5.74) is 1.35. The Bertz CT molecular complexity index is 308. The molecule has 0 saturated carbocycles. The van der Waals surface area contributed by atoms with E-state index in [9.17, 15) is 0 Å². The van der Waals surface area contributed by atoms with Crippen molar-refractivity contribution in [2.24, 2.45) is 0 Å². The fourth-order valence-electron chi connectivity index (χ4n) is 1.56. The fourth-order valence-corrected chi connectivity index (χ4v) is 1.83. The predicted octanol–water partition coefficient (Wildman–Crippen LogP) is 2.74. The van der Waals surface area contributed by atoms with Gasteiger partial charge in [-0.25, -0.2) is 0 Å². The van der Waals surface area contributed by atoms with Crippen molar-refractivity contribution < 1.29 is 5.11 Å². The smallest absolute Gasteiger partial charge is 0.0448 e. The van der Waals surface area contributed by atoms with Crippen molar-refractivity contribution in [2.45, 2.75) is 32.2 Å². The predicted molar refractivity (Wildman–Crippen MR) is 71.6 cm³/mol. The van der Waals surface area contributed by atoms with Crippen LogP contribution in [0, 0.1) is 0 Å². The van der Waals surface area contributed by atoms with Crippen LogP contribution in [-0.4, -0.2) is 23.8 Å². The monoisotopic (exact) mass is 285 g/mol. The Balaban J connectivity index is 2.32. The lowest BCUT2D eigenvalue weighted by atomic mass is 10.0. The zero-order valence-corrected chi connectivity index (χ0v) is 11.5. The summed E-state index contributed by atoms with van der Waals surface area (Å²) in [6, 6.07) is 8.39. The SMILES string of the molecule is CC(C)(CCO)NCCc1ccc(Br)cc1. The van der Waals surface area contributed by atoms with Gasteiger partial charge in [-0.05, 0) is 50.9 Å². The molecule has 0 bridgehead atoms. The zero-order valence-electron chi connectivity index (χ0n) is 9.96. The molecule has 1 rings (SSSR count). The molecule has 0 aliphatic rings. The summed E-state index contributed by atoms with van der Waals surface area (Å²) in [5.74, 6) is 0. The number of aliphatic hydroxyl groups is 1. The van der Waals surface area contributed by atoms with E-state index in [4.69, 9.17) is 5.11 Å². The Kier molecular flexibility index (Phi) is 5.46. The normalized spacial score (nSPS) is 11.8. The van der Waals surface area contributed by atoms with Crippen LogP contribution in [-0.2, 0) is 6.42 Å². The lowest BCUT2D eigenvalue weighted by Crippen LogP contribution is -2.41. The van der Waals surface area contributed by atoms with Crippen molar-refractivity contribution in [3.63, 3.8) is 0 Å². The Morgan fingerprint density at radius 3 is 2.44 bits per heavy atom. The molecule has 0 aliphatic carbocycles. The summed E-state index contributed by atoms with van der Waals surface area (Å²) in [4.78, 5) is 0.